The molecule has 1 aromatic carbocycles. The zero-order valence-electron chi connectivity index (χ0n) is 17.4. The third kappa shape index (κ3) is 3.10. The molecule has 1 N–H and O–H groups in total. The van der Waals surface area contributed by atoms with Gasteiger partial charge in [-0.05, 0) is 30.5 Å². The van der Waals surface area contributed by atoms with Crippen LogP contribution in [0, 0.1) is 0 Å². The number of rotatable bonds is 3. The first-order chi connectivity index (χ1) is 15.1. The molecule has 0 spiro atoms. The maximum atomic E-state index is 13.5. The normalized spacial score (nSPS) is 22.4. The van der Waals surface area contributed by atoms with Gasteiger partial charge in [-0.2, -0.15) is 0 Å². The van der Waals surface area contributed by atoms with Crippen molar-refractivity contribution < 1.29 is 9.59 Å². The van der Waals surface area contributed by atoms with Crippen molar-refractivity contribution >= 4 is 11.8 Å². The van der Waals surface area contributed by atoms with Gasteiger partial charge in [-0.25, -0.2) is 0 Å². The fourth-order valence-electron chi connectivity index (χ4n) is 5.14. The summed E-state index contributed by atoms with van der Waals surface area (Å²) in [5.74, 6) is 0.722. The summed E-state index contributed by atoms with van der Waals surface area (Å²) in [7, 11) is 1.58. The van der Waals surface area contributed by atoms with Crippen molar-refractivity contribution in [2.45, 2.75) is 37.3 Å². The van der Waals surface area contributed by atoms with E-state index >= 15 is 0 Å². The molecule has 0 aliphatic carbocycles. The van der Waals surface area contributed by atoms with Crippen molar-refractivity contribution in [3.05, 3.63) is 77.6 Å². The molecule has 2 aliphatic rings. The van der Waals surface area contributed by atoms with E-state index in [1.165, 1.54) is 5.56 Å². The van der Waals surface area contributed by atoms with Crippen LogP contribution in [0.3, 0.4) is 0 Å². The molecular formula is C23H24N6O2. The number of aromatic nitrogens is 4. The number of likely N-dealkylation sites (tertiary alicyclic amines) is 1. The van der Waals surface area contributed by atoms with E-state index < -0.39 is 0 Å². The van der Waals surface area contributed by atoms with E-state index in [1.807, 2.05) is 33.7 Å². The number of fused-ring (bicyclic) bond motifs is 2. The summed E-state index contributed by atoms with van der Waals surface area (Å²) in [5.41, 5.74) is 1.44. The van der Waals surface area contributed by atoms with Gasteiger partial charge in [0.15, 0.2) is 0 Å². The van der Waals surface area contributed by atoms with Crippen LogP contribution in [0.25, 0.3) is 0 Å². The van der Waals surface area contributed by atoms with E-state index in [4.69, 9.17) is 0 Å². The summed E-state index contributed by atoms with van der Waals surface area (Å²) in [5, 5.41) is 11.1. The van der Waals surface area contributed by atoms with E-state index in [-0.39, 0.29) is 23.3 Å². The van der Waals surface area contributed by atoms with Gasteiger partial charge in [-0.1, -0.05) is 36.4 Å². The van der Waals surface area contributed by atoms with Crippen LogP contribution in [0.1, 0.15) is 45.3 Å². The van der Waals surface area contributed by atoms with Gasteiger partial charge in [-0.15, -0.1) is 10.2 Å². The molecule has 1 fully saturated rings. The fourth-order valence-corrected chi connectivity index (χ4v) is 5.14. The average Bonchev–Trinajstić information content (AvgIpc) is 3.36. The number of pyridine rings is 1. The predicted molar refractivity (Wildman–Crippen MR) is 114 cm³/mol. The number of nitrogens with one attached hydrogen (secondary N) is 1. The first-order valence-electron chi connectivity index (χ1n) is 10.6. The Morgan fingerprint density at radius 3 is 2.61 bits per heavy atom. The molecule has 2 amide bonds. The fraction of sp³-hybridized carbons (Fsp3) is 0.348. The molecule has 8 nitrogen and oxygen atoms in total. The van der Waals surface area contributed by atoms with Gasteiger partial charge in [0.1, 0.15) is 11.5 Å². The Bertz CT molecular complexity index is 1110. The van der Waals surface area contributed by atoms with Crippen LogP contribution >= 0.6 is 0 Å². The molecule has 2 aromatic heterocycles. The van der Waals surface area contributed by atoms with E-state index in [2.05, 4.69) is 32.6 Å². The second-order valence-electron chi connectivity index (χ2n) is 8.13. The molecule has 2 aliphatic heterocycles. The Kier molecular flexibility index (Phi) is 4.77. The lowest BCUT2D eigenvalue weighted by atomic mass is 9.71. The third-order valence-corrected chi connectivity index (χ3v) is 6.71. The highest BCUT2D eigenvalue weighted by Gasteiger charge is 2.52. The summed E-state index contributed by atoms with van der Waals surface area (Å²) in [6.07, 6.45) is 4.02. The number of carbonyl (C=O) groups is 2. The van der Waals surface area contributed by atoms with Crippen molar-refractivity contribution in [1.29, 1.82) is 0 Å². The monoisotopic (exact) mass is 416 g/mol. The second kappa shape index (κ2) is 7.61. The summed E-state index contributed by atoms with van der Waals surface area (Å²) in [6, 6.07) is 15.6. The van der Waals surface area contributed by atoms with Gasteiger partial charge < -0.3 is 14.8 Å². The summed E-state index contributed by atoms with van der Waals surface area (Å²) >= 11 is 0. The molecule has 0 bridgehead atoms. The molecule has 0 unspecified atom stereocenters. The first-order valence-corrected chi connectivity index (χ1v) is 10.6. The zero-order chi connectivity index (χ0) is 21.4. The van der Waals surface area contributed by atoms with Gasteiger partial charge in [-0.3, -0.25) is 14.6 Å². The maximum absolute atomic E-state index is 13.5. The molecule has 4 heterocycles. The van der Waals surface area contributed by atoms with Crippen LogP contribution in [-0.4, -0.2) is 56.1 Å². The minimum absolute atomic E-state index is 0.0820. The van der Waals surface area contributed by atoms with Crippen LogP contribution in [0.4, 0.5) is 0 Å². The molecule has 0 saturated carbocycles. The van der Waals surface area contributed by atoms with Crippen molar-refractivity contribution in [3.63, 3.8) is 0 Å². The van der Waals surface area contributed by atoms with Crippen molar-refractivity contribution in [2.24, 2.45) is 0 Å². The van der Waals surface area contributed by atoms with E-state index in [9.17, 15) is 9.59 Å². The lowest BCUT2D eigenvalue weighted by Crippen LogP contribution is -2.47. The minimum atomic E-state index is -0.272. The number of hydrogen-bond acceptors (Lipinski definition) is 5. The number of amides is 2. The molecule has 3 aromatic rings. The van der Waals surface area contributed by atoms with Gasteiger partial charge in [0.05, 0.1) is 6.04 Å². The highest BCUT2D eigenvalue weighted by molar-refractivity contribution is 5.93. The zero-order valence-corrected chi connectivity index (χ0v) is 17.4. The van der Waals surface area contributed by atoms with Crippen LogP contribution in [0.5, 0.6) is 0 Å². The molecule has 8 heteroatoms. The molecule has 31 heavy (non-hydrogen) atoms. The lowest BCUT2D eigenvalue weighted by Gasteiger charge is -2.37. The number of benzene rings is 1. The van der Waals surface area contributed by atoms with E-state index in [0.717, 1.165) is 18.7 Å². The summed E-state index contributed by atoms with van der Waals surface area (Å²) in [6.45, 7) is 1.11. The Labute approximate surface area is 180 Å². The molecular weight excluding hydrogens is 392 g/mol. The molecule has 158 valence electrons. The van der Waals surface area contributed by atoms with E-state index in [1.54, 1.807) is 25.4 Å². The average molecular weight is 416 g/mol. The quantitative estimate of drug-likeness (QED) is 0.703. The number of aryl methyl sites for hydroxylation is 1. The third-order valence-electron chi connectivity index (χ3n) is 6.71. The largest absolute Gasteiger partial charge is 0.352 e. The Morgan fingerprint density at radius 2 is 1.87 bits per heavy atom. The maximum Gasteiger partial charge on any atom is 0.288 e. The standard InChI is InChI=1S/C23H24N6O2/c1-24-21(30)20-27-26-19-10-11-23(16-7-3-2-4-8-16)12-14-28(18(23)15-29(19)20)22(31)17-9-5-6-13-25-17/h2-9,13,18H,10-12,14-15H2,1H3,(H,24,30)/t18-,23-/m1/s1. The first kappa shape index (κ1) is 19.4. The summed E-state index contributed by atoms with van der Waals surface area (Å²) < 4.78 is 1.89. The van der Waals surface area contributed by atoms with Crippen LogP contribution in [0.15, 0.2) is 54.7 Å². The van der Waals surface area contributed by atoms with Gasteiger partial charge in [0.2, 0.25) is 5.82 Å². The topological polar surface area (TPSA) is 93.0 Å². The molecule has 0 radical (unpaired) electrons. The van der Waals surface area contributed by atoms with Crippen molar-refractivity contribution in [3.8, 4) is 0 Å². The molecule has 2 atom stereocenters. The number of carbonyl (C=O) groups excluding carboxylic acids is 2. The number of hydrogen-bond donors (Lipinski definition) is 1. The lowest BCUT2D eigenvalue weighted by molar-refractivity contribution is 0.0682. The van der Waals surface area contributed by atoms with Crippen LogP contribution in [0.2, 0.25) is 0 Å². The Morgan fingerprint density at radius 1 is 1.06 bits per heavy atom. The molecule has 5 rings (SSSR count). The highest BCUT2D eigenvalue weighted by atomic mass is 16.2. The van der Waals surface area contributed by atoms with Crippen molar-refractivity contribution in [2.75, 3.05) is 13.6 Å². The highest BCUT2D eigenvalue weighted by Crippen LogP contribution is 2.46. The van der Waals surface area contributed by atoms with Gasteiger partial charge in [0.25, 0.3) is 11.8 Å². The van der Waals surface area contributed by atoms with Gasteiger partial charge in [0, 0.05) is 38.2 Å². The molecule has 1 saturated heterocycles. The Balaban J connectivity index is 1.61. The summed E-state index contributed by atoms with van der Waals surface area (Å²) in [4.78, 5) is 32.1. The second-order valence-corrected chi connectivity index (χ2v) is 8.13. The van der Waals surface area contributed by atoms with Crippen LogP contribution in [-0.2, 0) is 18.4 Å². The SMILES string of the molecule is CNC(=O)c1nnc2n1C[C@H]1N(C(=O)c3ccccn3)CC[C@@]1(c1ccccc1)CC2. The number of nitrogens with zero attached hydrogens (tertiary/aromatic N) is 5. The minimum Gasteiger partial charge on any atom is -0.352 e. The van der Waals surface area contributed by atoms with Gasteiger partial charge >= 0.3 is 0 Å². The smallest absolute Gasteiger partial charge is 0.288 e. The predicted octanol–water partition coefficient (Wildman–Crippen LogP) is 1.83. The van der Waals surface area contributed by atoms with E-state index in [0.29, 0.717) is 31.0 Å². The Hall–Kier alpha value is -3.55. The van der Waals surface area contributed by atoms with Crippen molar-refractivity contribution in [1.82, 2.24) is 30.0 Å². The van der Waals surface area contributed by atoms with Crippen LogP contribution < -0.4 is 5.32 Å².